The molecule has 0 saturated carbocycles. The normalized spacial score (nSPS) is 11.9. The molecule has 0 fully saturated rings. The predicted molar refractivity (Wildman–Crippen MR) is 108 cm³/mol. The first-order valence-corrected chi connectivity index (χ1v) is 9.03. The van der Waals surface area contributed by atoms with E-state index in [1.54, 1.807) is 6.07 Å². The number of aromatic nitrogens is 4. The molecular formula is C21H18FN7. The van der Waals surface area contributed by atoms with Gasteiger partial charge in [0.1, 0.15) is 41.2 Å². The van der Waals surface area contributed by atoms with E-state index < -0.39 is 0 Å². The fraction of sp³-hybridized carbons (Fsp3) is 0.143. The molecule has 4 aromatic rings. The van der Waals surface area contributed by atoms with Crippen LogP contribution in [0.1, 0.15) is 29.9 Å². The van der Waals surface area contributed by atoms with Crippen molar-refractivity contribution in [3.05, 3.63) is 77.6 Å². The van der Waals surface area contributed by atoms with Crippen molar-refractivity contribution in [1.82, 2.24) is 19.5 Å². The summed E-state index contributed by atoms with van der Waals surface area (Å²) in [6.45, 7) is 2.43. The molecule has 3 N–H and O–H groups in total. The zero-order valence-electron chi connectivity index (χ0n) is 15.7. The Bertz CT molecular complexity index is 1210. The highest BCUT2D eigenvalue weighted by Gasteiger charge is 2.20. The highest BCUT2D eigenvalue weighted by Crippen LogP contribution is 2.26. The average molecular weight is 387 g/mol. The molecule has 144 valence electrons. The van der Waals surface area contributed by atoms with E-state index in [0.29, 0.717) is 29.2 Å². The molecule has 4 rings (SSSR count). The molecule has 8 heteroatoms. The van der Waals surface area contributed by atoms with Gasteiger partial charge in [-0.2, -0.15) is 5.26 Å². The number of imidazole rings is 1. The van der Waals surface area contributed by atoms with Gasteiger partial charge in [-0.25, -0.2) is 19.3 Å². The zero-order valence-corrected chi connectivity index (χ0v) is 15.7. The molecule has 0 spiro atoms. The molecule has 1 unspecified atom stereocenters. The highest BCUT2D eigenvalue weighted by molar-refractivity contribution is 5.76. The van der Waals surface area contributed by atoms with Crippen molar-refractivity contribution < 1.29 is 4.39 Å². The second kappa shape index (κ2) is 7.56. The van der Waals surface area contributed by atoms with Crippen molar-refractivity contribution >= 4 is 22.7 Å². The smallest absolute Gasteiger partial charge is 0.150 e. The number of halogens is 1. The minimum atomic E-state index is -0.325. The topological polar surface area (TPSA) is 105 Å². The van der Waals surface area contributed by atoms with Crippen LogP contribution in [0, 0.1) is 17.1 Å². The summed E-state index contributed by atoms with van der Waals surface area (Å²) in [6.07, 6.45) is 1.30. The lowest BCUT2D eigenvalue weighted by molar-refractivity contribution is 0.627. The van der Waals surface area contributed by atoms with E-state index in [2.05, 4.69) is 15.3 Å². The van der Waals surface area contributed by atoms with E-state index in [0.717, 1.165) is 5.56 Å². The first-order valence-electron chi connectivity index (χ1n) is 9.03. The van der Waals surface area contributed by atoms with Crippen molar-refractivity contribution in [3.8, 4) is 6.07 Å². The third kappa shape index (κ3) is 3.58. The highest BCUT2D eigenvalue weighted by atomic mass is 19.1. The fourth-order valence-electron chi connectivity index (χ4n) is 3.27. The van der Waals surface area contributed by atoms with Crippen LogP contribution in [-0.2, 0) is 6.54 Å². The second-order valence-electron chi connectivity index (χ2n) is 6.64. The lowest BCUT2D eigenvalue weighted by atomic mass is 10.2. The van der Waals surface area contributed by atoms with Crippen LogP contribution in [-0.4, -0.2) is 19.5 Å². The summed E-state index contributed by atoms with van der Waals surface area (Å²) >= 11 is 0. The summed E-state index contributed by atoms with van der Waals surface area (Å²) in [7, 11) is 0. The quantitative estimate of drug-likeness (QED) is 0.542. The van der Waals surface area contributed by atoms with E-state index in [9.17, 15) is 9.65 Å². The van der Waals surface area contributed by atoms with Gasteiger partial charge in [-0.1, -0.05) is 30.3 Å². The first kappa shape index (κ1) is 18.4. The van der Waals surface area contributed by atoms with E-state index in [1.165, 1.54) is 18.5 Å². The number of nitrogen functional groups attached to an aromatic ring is 1. The Morgan fingerprint density at radius 3 is 2.76 bits per heavy atom. The molecule has 2 heterocycles. The van der Waals surface area contributed by atoms with Gasteiger partial charge in [-0.05, 0) is 30.7 Å². The molecule has 0 bridgehead atoms. The maximum atomic E-state index is 13.9. The third-order valence-corrected chi connectivity index (χ3v) is 4.65. The Morgan fingerprint density at radius 1 is 1.21 bits per heavy atom. The van der Waals surface area contributed by atoms with E-state index in [4.69, 9.17) is 10.7 Å². The number of fused-ring (bicyclic) bond motifs is 1. The van der Waals surface area contributed by atoms with Crippen molar-refractivity contribution in [1.29, 1.82) is 5.26 Å². The molecule has 0 saturated heterocycles. The number of anilines is 2. The van der Waals surface area contributed by atoms with Gasteiger partial charge in [-0.15, -0.1) is 0 Å². The number of rotatable bonds is 5. The van der Waals surface area contributed by atoms with Crippen molar-refractivity contribution in [2.75, 3.05) is 11.1 Å². The number of hydrogen-bond acceptors (Lipinski definition) is 6. The van der Waals surface area contributed by atoms with Gasteiger partial charge in [0.25, 0.3) is 0 Å². The Hall–Kier alpha value is -3.99. The molecule has 7 nitrogen and oxygen atoms in total. The summed E-state index contributed by atoms with van der Waals surface area (Å²) < 4.78 is 15.9. The summed E-state index contributed by atoms with van der Waals surface area (Å²) in [5.74, 6) is 0.804. The van der Waals surface area contributed by atoms with Crippen molar-refractivity contribution in [2.45, 2.75) is 19.5 Å². The Labute approximate surface area is 166 Å². The van der Waals surface area contributed by atoms with Crippen LogP contribution >= 0.6 is 0 Å². The SMILES string of the molecule is CC(Nc1ncnc(N)c1C#N)c1nc2ccc(F)cc2n1Cc1ccccc1. The third-order valence-electron chi connectivity index (χ3n) is 4.65. The molecule has 29 heavy (non-hydrogen) atoms. The Balaban J connectivity index is 1.77. The van der Waals surface area contributed by atoms with Gasteiger partial charge >= 0.3 is 0 Å². The summed E-state index contributed by atoms with van der Waals surface area (Å²) in [6, 6.07) is 16.1. The maximum absolute atomic E-state index is 13.9. The number of nitriles is 1. The molecule has 0 aliphatic rings. The maximum Gasteiger partial charge on any atom is 0.150 e. The number of nitrogens with zero attached hydrogens (tertiary/aromatic N) is 5. The molecule has 1 atom stereocenters. The standard InChI is InChI=1S/C21H18FN7/c1-13(27-20-16(10-23)19(24)25-12-26-20)21-28-17-8-7-15(22)9-18(17)29(21)11-14-5-3-2-4-6-14/h2-9,12-13H,11H2,1H3,(H3,24,25,26,27). The minimum Gasteiger partial charge on any atom is -0.382 e. The molecule has 2 aromatic heterocycles. The van der Waals surface area contributed by atoms with Gasteiger partial charge in [-0.3, -0.25) is 0 Å². The van der Waals surface area contributed by atoms with Crippen LogP contribution in [0.15, 0.2) is 54.9 Å². The average Bonchev–Trinajstić information content (AvgIpc) is 3.07. The lowest BCUT2D eigenvalue weighted by Gasteiger charge is -2.17. The number of hydrogen-bond donors (Lipinski definition) is 2. The van der Waals surface area contributed by atoms with Crippen molar-refractivity contribution in [2.24, 2.45) is 0 Å². The molecule has 0 radical (unpaired) electrons. The van der Waals surface area contributed by atoms with Crippen LogP contribution < -0.4 is 11.1 Å². The van der Waals surface area contributed by atoms with Crippen LogP contribution in [0.4, 0.5) is 16.0 Å². The van der Waals surface area contributed by atoms with Crippen LogP contribution in [0.5, 0.6) is 0 Å². The van der Waals surface area contributed by atoms with Gasteiger partial charge < -0.3 is 15.6 Å². The Morgan fingerprint density at radius 2 is 2.00 bits per heavy atom. The summed E-state index contributed by atoms with van der Waals surface area (Å²) in [5, 5.41) is 12.6. The van der Waals surface area contributed by atoms with Crippen molar-refractivity contribution in [3.63, 3.8) is 0 Å². The van der Waals surface area contributed by atoms with Crippen LogP contribution in [0.25, 0.3) is 11.0 Å². The summed E-state index contributed by atoms with van der Waals surface area (Å²) in [4.78, 5) is 12.7. The Kier molecular flexibility index (Phi) is 4.79. The van der Waals surface area contributed by atoms with E-state index >= 15 is 0 Å². The van der Waals surface area contributed by atoms with Crippen LogP contribution in [0.3, 0.4) is 0 Å². The largest absolute Gasteiger partial charge is 0.382 e. The minimum absolute atomic E-state index is 0.108. The van der Waals surface area contributed by atoms with Crippen LogP contribution in [0.2, 0.25) is 0 Å². The molecule has 0 aliphatic heterocycles. The van der Waals surface area contributed by atoms with E-state index in [-0.39, 0.29) is 23.2 Å². The lowest BCUT2D eigenvalue weighted by Crippen LogP contribution is -2.16. The summed E-state index contributed by atoms with van der Waals surface area (Å²) in [5.41, 5.74) is 8.40. The van der Waals surface area contributed by atoms with Gasteiger partial charge in [0.05, 0.1) is 17.1 Å². The van der Waals surface area contributed by atoms with E-state index in [1.807, 2.05) is 47.9 Å². The molecule has 0 amide bonds. The van der Waals surface area contributed by atoms with Gasteiger partial charge in [0.15, 0.2) is 0 Å². The number of benzene rings is 2. The first-order chi connectivity index (χ1) is 14.1. The number of nitrogens with one attached hydrogen (secondary N) is 1. The van der Waals surface area contributed by atoms with Gasteiger partial charge in [0, 0.05) is 6.54 Å². The fourth-order valence-corrected chi connectivity index (χ4v) is 3.27. The van der Waals surface area contributed by atoms with Gasteiger partial charge in [0.2, 0.25) is 0 Å². The number of nitrogens with two attached hydrogens (primary N) is 1. The monoisotopic (exact) mass is 387 g/mol. The predicted octanol–water partition coefficient (Wildman–Crippen LogP) is 3.64. The molecule has 0 aliphatic carbocycles. The second-order valence-corrected chi connectivity index (χ2v) is 6.64. The molecular weight excluding hydrogens is 369 g/mol. The zero-order chi connectivity index (χ0) is 20.4. The molecule has 2 aromatic carbocycles.